The molecule has 1 aromatic carbocycles. The Hall–Kier alpha value is -1.55. The summed E-state index contributed by atoms with van der Waals surface area (Å²) in [7, 11) is 1.67. The number of nitrogens with one attached hydrogen (secondary N) is 1. The number of likely N-dealkylation sites (N-methyl/N-ethyl adjacent to an activating group) is 1. The van der Waals surface area contributed by atoms with Crippen molar-refractivity contribution in [3.63, 3.8) is 0 Å². The first-order valence-electron chi connectivity index (χ1n) is 8.89. The number of amides is 1. The smallest absolute Gasteiger partial charge is 0.240 e. The van der Waals surface area contributed by atoms with Gasteiger partial charge in [-0.2, -0.15) is 0 Å². The van der Waals surface area contributed by atoms with Gasteiger partial charge < -0.3 is 15.0 Å². The molecule has 1 aromatic rings. The molecule has 1 saturated carbocycles. The summed E-state index contributed by atoms with van der Waals surface area (Å²) >= 11 is 0. The van der Waals surface area contributed by atoms with Crippen molar-refractivity contribution in [2.45, 2.75) is 57.7 Å². The first kappa shape index (κ1) is 16.3. The summed E-state index contributed by atoms with van der Waals surface area (Å²) in [4.78, 5) is 14.9. The molecule has 1 N–H and O–H groups in total. The lowest BCUT2D eigenvalue weighted by Gasteiger charge is -2.25. The molecule has 4 nitrogen and oxygen atoms in total. The summed E-state index contributed by atoms with van der Waals surface area (Å²) in [5.74, 6) is 1.82. The molecule has 3 unspecified atom stereocenters. The second-order valence-corrected chi connectivity index (χ2v) is 6.81. The molecule has 2 fully saturated rings. The Morgan fingerprint density at radius 2 is 2.00 bits per heavy atom. The third-order valence-corrected chi connectivity index (χ3v) is 5.39. The quantitative estimate of drug-likeness (QED) is 0.908. The minimum atomic E-state index is 0.0151. The number of hydrogen-bond acceptors (Lipinski definition) is 3. The fourth-order valence-corrected chi connectivity index (χ4v) is 4.03. The Bertz CT molecular complexity index is 515. The number of hydrogen-bond donors (Lipinski definition) is 1. The minimum Gasteiger partial charge on any atom is -0.497 e. The molecule has 3 atom stereocenters. The zero-order chi connectivity index (χ0) is 16.2. The lowest BCUT2D eigenvalue weighted by Crippen LogP contribution is -2.45. The molecule has 1 heterocycles. The fraction of sp³-hybridized carbons (Fsp3) is 0.632. The van der Waals surface area contributed by atoms with Crippen molar-refractivity contribution in [2.75, 3.05) is 13.7 Å². The Balaban J connectivity index is 1.62. The largest absolute Gasteiger partial charge is 0.497 e. The minimum absolute atomic E-state index is 0.0151. The van der Waals surface area contributed by atoms with Crippen LogP contribution in [-0.4, -0.2) is 36.5 Å². The topological polar surface area (TPSA) is 41.6 Å². The van der Waals surface area contributed by atoms with Crippen molar-refractivity contribution in [1.29, 1.82) is 0 Å². The van der Waals surface area contributed by atoms with Gasteiger partial charge in [0.15, 0.2) is 0 Å². The number of fused-ring (bicyclic) bond motifs is 1. The summed E-state index contributed by atoms with van der Waals surface area (Å²) in [6.07, 6.45) is 6.17. The third-order valence-electron chi connectivity index (χ3n) is 5.39. The van der Waals surface area contributed by atoms with Gasteiger partial charge in [-0.15, -0.1) is 0 Å². The van der Waals surface area contributed by atoms with E-state index in [1.165, 1.54) is 25.7 Å². The second kappa shape index (κ2) is 7.35. The van der Waals surface area contributed by atoms with E-state index in [1.807, 2.05) is 29.2 Å². The van der Waals surface area contributed by atoms with Gasteiger partial charge in [-0.3, -0.25) is 4.79 Å². The number of nitrogens with zero attached hydrogens (tertiary/aromatic N) is 1. The highest BCUT2D eigenvalue weighted by atomic mass is 16.5. The van der Waals surface area contributed by atoms with E-state index in [-0.39, 0.29) is 11.9 Å². The maximum absolute atomic E-state index is 12.9. The molecular weight excluding hydrogens is 288 g/mol. The van der Waals surface area contributed by atoms with Gasteiger partial charge in [-0.25, -0.2) is 0 Å². The molecule has 3 rings (SSSR count). The van der Waals surface area contributed by atoms with Crippen molar-refractivity contribution in [2.24, 2.45) is 5.92 Å². The van der Waals surface area contributed by atoms with Gasteiger partial charge in [0.2, 0.25) is 5.91 Å². The van der Waals surface area contributed by atoms with Crippen molar-refractivity contribution >= 4 is 5.91 Å². The number of rotatable bonds is 5. The van der Waals surface area contributed by atoms with Crippen LogP contribution in [0.15, 0.2) is 24.3 Å². The highest BCUT2D eigenvalue weighted by molar-refractivity contribution is 5.82. The molecular formula is C19H28N2O2. The van der Waals surface area contributed by atoms with Crippen molar-refractivity contribution in [1.82, 2.24) is 10.2 Å². The summed E-state index contributed by atoms with van der Waals surface area (Å²) in [5.41, 5.74) is 1.15. The molecule has 4 heteroatoms. The highest BCUT2D eigenvalue weighted by Crippen LogP contribution is 2.33. The average molecular weight is 316 g/mol. The lowest BCUT2D eigenvalue weighted by molar-refractivity contribution is -0.133. The summed E-state index contributed by atoms with van der Waals surface area (Å²) in [6.45, 7) is 3.48. The van der Waals surface area contributed by atoms with E-state index in [4.69, 9.17) is 4.74 Å². The van der Waals surface area contributed by atoms with E-state index >= 15 is 0 Å². The van der Waals surface area contributed by atoms with Gasteiger partial charge in [-0.05, 0) is 49.8 Å². The normalized spacial score (nSPS) is 26.6. The first-order valence-corrected chi connectivity index (χ1v) is 8.89. The zero-order valence-electron chi connectivity index (χ0n) is 14.3. The predicted molar refractivity (Wildman–Crippen MR) is 91.4 cm³/mol. The van der Waals surface area contributed by atoms with Crippen LogP contribution >= 0.6 is 0 Å². The monoisotopic (exact) mass is 316 g/mol. The average Bonchev–Trinajstić information content (AvgIpc) is 3.03. The molecule has 126 valence electrons. The predicted octanol–water partition coefficient (Wildman–Crippen LogP) is 2.96. The van der Waals surface area contributed by atoms with E-state index < -0.39 is 0 Å². The number of ether oxygens (including phenoxy) is 1. The van der Waals surface area contributed by atoms with Gasteiger partial charge >= 0.3 is 0 Å². The molecule has 1 amide bonds. The van der Waals surface area contributed by atoms with Gasteiger partial charge in [0.25, 0.3) is 0 Å². The van der Waals surface area contributed by atoms with Gasteiger partial charge in [0.05, 0.1) is 13.2 Å². The fourth-order valence-electron chi connectivity index (χ4n) is 4.03. The van der Waals surface area contributed by atoms with Crippen molar-refractivity contribution in [3.8, 4) is 5.75 Å². The lowest BCUT2D eigenvalue weighted by atomic mass is 9.85. The van der Waals surface area contributed by atoms with E-state index in [1.54, 1.807) is 7.11 Å². The molecule has 23 heavy (non-hydrogen) atoms. The maximum atomic E-state index is 12.9. The summed E-state index contributed by atoms with van der Waals surface area (Å²) in [5, 5.41) is 3.60. The van der Waals surface area contributed by atoms with Crippen LogP contribution in [0.5, 0.6) is 5.75 Å². The van der Waals surface area contributed by atoms with E-state index in [2.05, 4.69) is 12.2 Å². The Morgan fingerprint density at radius 1 is 1.26 bits per heavy atom. The Labute approximate surface area is 139 Å². The zero-order valence-corrected chi connectivity index (χ0v) is 14.3. The van der Waals surface area contributed by atoms with Crippen LogP contribution in [0.1, 0.15) is 44.6 Å². The van der Waals surface area contributed by atoms with Gasteiger partial charge in [0, 0.05) is 19.1 Å². The Kier molecular flexibility index (Phi) is 5.21. The summed E-state index contributed by atoms with van der Waals surface area (Å²) < 4.78 is 5.19. The van der Waals surface area contributed by atoms with Crippen LogP contribution in [0.2, 0.25) is 0 Å². The van der Waals surface area contributed by atoms with Crippen LogP contribution in [0.25, 0.3) is 0 Å². The number of carbonyl (C=O) groups is 1. The van der Waals surface area contributed by atoms with Crippen LogP contribution in [-0.2, 0) is 11.3 Å². The van der Waals surface area contributed by atoms with E-state index in [0.717, 1.165) is 24.3 Å². The molecule has 1 aliphatic carbocycles. The molecule has 0 bridgehead atoms. The molecule has 2 aliphatic rings. The van der Waals surface area contributed by atoms with Crippen molar-refractivity contribution in [3.05, 3.63) is 29.8 Å². The molecule has 1 saturated heterocycles. The number of methoxy groups -OCH3 is 1. The van der Waals surface area contributed by atoms with Crippen LogP contribution < -0.4 is 10.1 Å². The van der Waals surface area contributed by atoms with Crippen molar-refractivity contribution < 1.29 is 9.53 Å². The van der Waals surface area contributed by atoms with Crippen LogP contribution in [0.3, 0.4) is 0 Å². The van der Waals surface area contributed by atoms with Crippen LogP contribution in [0.4, 0.5) is 0 Å². The molecule has 0 spiro atoms. The Morgan fingerprint density at radius 3 is 2.65 bits per heavy atom. The molecule has 1 aliphatic heterocycles. The van der Waals surface area contributed by atoms with E-state index in [9.17, 15) is 4.79 Å². The van der Waals surface area contributed by atoms with Gasteiger partial charge in [0.1, 0.15) is 5.75 Å². The maximum Gasteiger partial charge on any atom is 0.240 e. The standard InChI is InChI=1S/C19H28N2O2/c1-3-21(13-14-8-10-16(23-2)11-9-14)19(22)18-12-15-6-4-5-7-17(15)20-18/h8-11,15,17-18,20H,3-7,12-13H2,1-2H3. The third kappa shape index (κ3) is 3.69. The SMILES string of the molecule is CCN(Cc1ccc(OC)cc1)C(=O)C1CC2CCCCC2N1. The second-order valence-electron chi connectivity index (χ2n) is 6.81. The number of carbonyl (C=O) groups excluding carboxylic acids is 1. The van der Waals surface area contributed by atoms with Gasteiger partial charge in [-0.1, -0.05) is 25.0 Å². The highest BCUT2D eigenvalue weighted by Gasteiger charge is 2.39. The van der Waals surface area contributed by atoms with Crippen LogP contribution in [0, 0.1) is 5.92 Å². The number of benzene rings is 1. The molecule has 0 radical (unpaired) electrons. The first-order chi connectivity index (χ1) is 11.2. The summed E-state index contributed by atoms with van der Waals surface area (Å²) in [6, 6.07) is 8.57. The molecule has 0 aromatic heterocycles. The van der Waals surface area contributed by atoms with E-state index in [0.29, 0.717) is 18.5 Å².